The van der Waals surface area contributed by atoms with E-state index in [2.05, 4.69) is 0 Å². The van der Waals surface area contributed by atoms with Crippen molar-refractivity contribution in [2.45, 2.75) is 31.9 Å². The number of hydrogen-bond donors (Lipinski definition) is 2. The molecule has 1 amide bonds. The number of nitrogens with zero attached hydrogens (tertiary/aromatic N) is 2. The summed E-state index contributed by atoms with van der Waals surface area (Å²) in [5.41, 5.74) is 0. The van der Waals surface area contributed by atoms with Crippen molar-refractivity contribution in [2.75, 3.05) is 20.1 Å². The van der Waals surface area contributed by atoms with Crippen molar-refractivity contribution in [1.29, 1.82) is 5.41 Å². The highest BCUT2D eigenvalue weighted by Gasteiger charge is 2.28. The summed E-state index contributed by atoms with van der Waals surface area (Å²) in [6.45, 7) is 3.01. The molecule has 0 aliphatic carbocycles. The molecule has 1 aliphatic heterocycles. The first-order valence-corrected chi connectivity index (χ1v) is 5.23. The first-order chi connectivity index (χ1) is 7.04. The van der Waals surface area contributed by atoms with Gasteiger partial charge in [-0.2, -0.15) is 0 Å². The number of amides is 1. The van der Waals surface area contributed by atoms with E-state index in [-0.39, 0.29) is 18.4 Å². The van der Waals surface area contributed by atoms with Crippen molar-refractivity contribution in [3.8, 4) is 0 Å². The van der Waals surface area contributed by atoms with Crippen LogP contribution in [0, 0.1) is 5.41 Å². The normalized spacial score (nSPS) is 22.6. The summed E-state index contributed by atoms with van der Waals surface area (Å²) in [6, 6.07) is 0.250. The standard InChI is InChI=1S/C10H19N3O2/c1-8(14)5-10(15)13-4-3-9(6-13)12(2)7-11/h7-9,11,14H,3-6H2,1-2H3. The minimum absolute atomic E-state index is 0.00545. The average Bonchev–Trinajstić information content (AvgIpc) is 2.64. The van der Waals surface area contributed by atoms with Gasteiger partial charge in [0.1, 0.15) is 0 Å². The second-order valence-electron chi connectivity index (χ2n) is 4.13. The van der Waals surface area contributed by atoms with Crippen LogP contribution in [0.15, 0.2) is 0 Å². The van der Waals surface area contributed by atoms with E-state index in [1.54, 1.807) is 11.8 Å². The maximum absolute atomic E-state index is 11.6. The number of likely N-dealkylation sites (N-methyl/N-ethyl adjacent to an activating group) is 1. The zero-order valence-corrected chi connectivity index (χ0v) is 9.31. The van der Waals surface area contributed by atoms with Gasteiger partial charge in [-0.3, -0.25) is 10.2 Å². The third-order valence-corrected chi connectivity index (χ3v) is 2.77. The molecule has 2 atom stereocenters. The molecule has 0 bridgehead atoms. The van der Waals surface area contributed by atoms with Crippen LogP contribution in [-0.2, 0) is 4.79 Å². The van der Waals surface area contributed by atoms with E-state index in [0.29, 0.717) is 6.54 Å². The average molecular weight is 213 g/mol. The van der Waals surface area contributed by atoms with Crippen LogP contribution >= 0.6 is 0 Å². The number of nitrogens with one attached hydrogen (secondary N) is 1. The SMILES string of the molecule is CC(O)CC(=O)N1CCC(N(C)C=N)C1. The number of carbonyl (C=O) groups excluding carboxylic acids is 1. The topological polar surface area (TPSA) is 67.6 Å². The number of carbonyl (C=O) groups is 1. The Bertz CT molecular complexity index is 243. The number of rotatable bonds is 4. The van der Waals surface area contributed by atoms with Crippen LogP contribution in [0.1, 0.15) is 19.8 Å². The first kappa shape index (κ1) is 12.0. The van der Waals surface area contributed by atoms with E-state index in [9.17, 15) is 4.79 Å². The highest BCUT2D eigenvalue weighted by Crippen LogP contribution is 2.14. The van der Waals surface area contributed by atoms with Gasteiger partial charge in [0.15, 0.2) is 0 Å². The van der Waals surface area contributed by atoms with E-state index < -0.39 is 6.10 Å². The van der Waals surface area contributed by atoms with Crippen LogP contribution in [0.3, 0.4) is 0 Å². The van der Waals surface area contributed by atoms with Crippen LogP contribution in [0.2, 0.25) is 0 Å². The summed E-state index contributed by atoms with van der Waals surface area (Å²) >= 11 is 0. The molecule has 1 heterocycles. The summed E-state index contributed by atoms with van der Waals surface area (Å²) in [7, 11) is 1.85. The monoisotopic (exact) mass is 213 g/mol. The molecule has 0 saturated carbocycles. The van der Waals surface area contributed by atoms with Gasteiger partial charge in [-0.05, 0) is 13.3 Å². The maximum atomic E-state index is 11.6. The van der Waals surface area contributed by atoms with Gasteiger partial charge in [0.25, 0.3) is 0 Å². The first-order valence-electron chi connectivity index (χ1n) is 5.23. The predicted octanol–water partition coefficient (Wildman–Crippen LogP) is -0.103. The van der Waals surface area contributed by atoms with Gasteiger partial charge < -0.3 is 14.9 Å². The Hall–Kier alpha value is -1.10. The lowest BCUT2D eigenvalue weighted by atomic mass is 10.2. The molecule has 0 aromatic heterocycles. The van der Waals surface area contributed by atoms with Crippen molar-refractivity contribution >= 4 is 12.2 Å². The van der Waals surface area contributed by atoms with Crippen LogP contribution in [0.5, 0.6) is 0 Å². The van der Waals surface area contributed by atoms with Crippen LogP contribution in [0.25, 0.3) is 0 Å². The Morgan fingerprint density at radius 3 is 3.00 bits per heavy atom. The van der Waals surface area contributed by atoms with Crippen LogP contribution < -0.4 is 0 Å². The summed E-state index contributed by atoms with van der Waals surface area (Å²) in [5.74, 6) is 0.00545. The largest absolute Gasteiger partial charge is 0.393 e. The molecular formula is C10H19N3O2. The van der Waals surface area contributed by atoms with Crippen molar-refractivity contribution in [1.82, 2.24) is 9.80 Å². The van der Waals surface area contributed by atoms with Crippen molar-refractivity contribution in [3.63, 3.8) is 0 Å². The smallest absolute Gasteiger partial charge is 0.225 e. The molecule has 5 nitrogen and oxygen atoms in total. The zero-order chi connectivity index (χ0) is 11.4. The minimum Gasteiger partial charge on any atom is -0.393 e. The van der Waals surface area contributed by atoms with Gasteiger partial charge in [0.05, 0.1) is 18.9 Å². The second-order valence-corrected chi connectivity index (χ2v) is 4.13. The minimum atomic E-state index is -0.572. The van der Waals surface area contributed by atoms with E-state index in [0.717, 1.165) is 13.0 Å². The fourth-order valence-corrected chi connectivity index (χ4v) is 1.79. The van der Waals surface area contributed by atoms with Gasteiger partial charge in [0.2, 0.25) is 5.91 Å². The molecule has 5 heteroatoms. The van der Waals surface area contributed by atoms with E-state index >= 15 is 0 Å². The number of aliphatic hydroxyl groups excluding tert-OH is 1. The van der Waals surface area contributed by atoms with Gasteiger partial charge in [-0.25, -0.2) is 0 Å². The Labute approximate surface area is 90.2 Å². The fourth-order valence-electron chi connectivity index (χ4n) is 1.79. The molecule has 1 saturated heterocycles. The van der Waals surface area contributed by atoms with E-state index in [1.165, 1.54) is 6.34 Å². The molecular weight excluding hydrogens is 194 g/mol. The molecule has 1 rings (SSSR count). The van der Waals surface area contributed by atoms with Crippen LogP contribution in [-0.4, -0.2) is 59.4 Å². The lowest BCUT2D eigenvalue weighted by molar-refractivity contribution is -0.132. The third kappa shape index (κ3) is 3.20. The van der Waals surface area contributed by atoms with Gasteiger partial charge in [-0.15, -0.1) is 0 Å². The Balaban J connectivity index is 2.42. The molecule has 2 unspecified atom stereocenters. The molecule has 0 aromatic rings. The lowest BCUT2D eigenvalue weighted by Gasteiger charge is -2.22. The highest BCUT2D eigenvalue weighted by molar-refractivity contribution is 5.77. The molecule has 1 aliphatic rings. The van der Waals surface area contributed by atoms with Gasteiger partial charge in [-0.1, -0.05) is 0 Å². The van der Waals surface area contributed by atoms with Crippen LogP contribution in [0.4, 0.5) is 0 Å². The number of aliphatic hydroxyl groups is 1. The highest BCUT2D eigenvalue weighted by atomic mass is 16.3. The molecule has 2 N–H and O–H groups in total. The fraction of sp³-hybridized carbons (Fsp3) is 0.800. The Morgan fingerprint density at radius 2 is 2.47 bits per heavy atom. The van der Waals surface area contributed by atoms with Crippen molar-refractivity contribution in [2.24, 2.45) is 0 Å². The quantitative estimate of drug-likeness (QED) is 0.506. The van der Waals surface area contributed by atoms with E-state index in [1.807, 2.05) is 11.9 Å². The summed E-state index contributed by atoms with van der Waals surface area (Å²) in [4.78, 5) is 15.2. The number of hydrogen-bond acceptors (Lipinski definition) is 3. The summed E-state index contributed by atoms with van der Waals surface area (Å²) < 4.78 is 0. The summed E-state index contributed by atoms with van der Waals surface area (Å²) in [6.07, 6.45) is 1.81. The molecule has 86 valence electrons. The molecule has 0 aromatic carbocycles. The lowest BCUT2D eigenvalue weighted by Crippen LogP contribution is -2.36. The zero-order valence-electron chi connectivity index (χ0n) is 9.31. The predicted molar refractivity (Wildman–Crippen MR) is 57.8 cm³/mol. The Morgan fingerprint density at radius 1 is 1.80 bits per heavy atom. The van der Waals surface area contributed by atoms with E-state index in [4.69, 9.17) is 10.5 Å². The molecule has 15 heavy (non-hydrogen) atoms. The third-order valence-electron chi connectivity index (χ3n) is 2.77. The number of likely N-dealkylation sites (tertiary alicyclic amines) is 1. The molecule has 1 fully saturated rings. The molecule has 0 radical (unpaired) electrons. The van der Waals surface area contributed by atoms with Crippen molar-refractivity contribution < 1.29 is 9.90 Å². The van der Waals surface area contributed by atoms with Gasteiger partial charge >= 0.3 is 0 Å². The molecule has 0 spiro atoms. The second kappa shape index (κ2) is 5.11. The maximum Gasteiger partial charge on any atom is 0.225 e. The summed E-state index contributed by atoms with van der Waals surface area (Å²) in [5, 5.41) is 16.2. The van der Waals surface area contributed by atoms with Crippen molar-refractivity contribution in [3.05, 3.63) is 0 Å². The van der Waals surface area contributed by atoms with Gasteiger partial charge in [0, 0.05) is 26.2 Å². The Kier molecular flexibility index (Phi) is 4.08.